The van der Waals surface area contributed by atoms with Crippen LogP contribution in [0.1, 0.15) is 30.0 Å². The van der Waals surface area contributed by atoms with Gasteiger partial charge in [-0.3, -0.25) is 14.7 Å². The number of hydrogen-bond acceptors (Lipinski definition) is 4. The fraction of sp³-hybridized carbons (Fsp3) is 0.478. The molecule has 2 aliphatic rings. The average molecular weight is 380 g/mol. The van der Waals surface area contributed by atoms with Crippen LogP contribution in [0.4, 0.5) is 0 Å². The second-order valence-electron chi connectivity index (χ2n) is 7.88. The molecule has 5 heteroatoms. The smallest absolute Gasteiger partial charge is 0.236 e. The summed E-state index contributed by atoms with van der Waals surface area (Å²) in [5.74, 6) is 0.550. The van der Waals surface area contributed by atoms with E-state index in [-0.39, 0.29) is 5.91 Å². The van der Waals surface area contributed by atoms with Crippen LogP contribution in [0.2, 0.25) is 0 Å². The van der Waals surface area contributed by atoms with Crippen LogP contribution in [0.3, 0.4) is 0 Å². The fourth-order valence-electron chi connectivity index (χ4n) is 4.14. The van der Waals surface area contributed by atoms with Gasteiger partial charge in [0.1, 0.15) is 0 Å². The van der Waals surface area contributed by atoms with Crippen LogP contribution < -0.4 is 0 Å². The first-order chi connectivity index (χ1) is 13.7. The van der Waals surface area contributed by atoms with Gasteiger partial charge in [0.2, 0.25) is 5.91 Å². The van der Waals surface area contributed by atoms with Crippen molar-refractivity contribution in [1.29, 1.82) is 0 Å². The van der Waals surface area contributed by atoms with Crippen molar-refractivity contribution in [1.82, 2.24) is 14.8 Å². The van der Waals surface area contributed by atoms with Crippen molar-refractivity contribution in [2.45, 2.75) is 25.7 Å². The van der Waals surface area contributed by atoms with E-state index in [0.717, 1.165) is 69.2 Å². The lowest BCUT2D eigenvalue weighted by Gasteiger charge is -2.35. The number of ether oxygens (including phenoxy) is 1. The van der Waals surface area contributed by atoms with Crippen LogP contribution >= 0.6 is 0 Å². The molecule has 1 aromatic carbocycles. The average Bonchev–Trinajstić information content (AvgIpc) is 2.75. The largest absolute Gasteiger partial charge is 0.379 e. The number of carbonyl (C=O) groups is 1. The van der Waals surface area contributed by atoms with Gasteiger partial charge in [0.15, 0.2) is 0 Å². The first kappa shape index (κ1) is 19.1. The summed E-state index contributed by atoms with van der Waals surface area (Å²) in [6, 6.07) is 14.7. The van der Waals surface area contributed by atoms with Crippen LogP contribution in [0, 0.1) is 6.92 Å². The van der Waals surface area contributed by atoms with E-state index in [0.29, 0.717) is 12.5 Å². The molecule has 0 unspecified atom stereocenters. The Labute approximate surface area is 167 Å². The zero-order chi connectivity index (χ0) is 19.3. The van der Waals surface area contributed by atoms with Crippen LogP contribution in [0.25, 0.3) is 11.3 Å². The lowest BCUT2D eigenvalue weighted by Crippen LogP contribution is -2.47. The summed E-state index contributed by atoms with van der Waals surface area (Å²) in [4.78, 5) is 22.0. The van der Waals surface area contributed by atoms with Crippen molar-refractivity contribution in [2.75, 3.05) is 45.9 Å². The zero-order valence-corrected chi connectivity index (χ0v) is 16.6. The molecule has 2 saturated heterocycles. The summed E-state index contributed by atoms with van der Waals surface area (Å²) < 4.78 is 5.38. The molecule has 1 aromatic heterocycles. The van der Waals surface area contributed by atoms with Crippen LogP contribution in [-0.2, 0) is 9.53 Å². The normalized spacial score (nSPS) is 20.9. The Morgan fingerprint density at radius 1 is 1.14 bits per heavy atom. The number of carbonyl (C=O) groups excluding carboxylic acids is 1. The maximum Gasteiger partial charge on any atom is 0.236 e. The number of piperidine rings is 1. The number of benzene rings is 1. The van der Waals surface area contributed by atoms with Crippen molar-refractivity contribution in [3.63, 3.8) is 0 Å². The van der Waals surface area contributed by atoms with E-state index in [1.807, 2.05) is 4.90 Å². The Bertz CT molecular complexity index is 817. The van der Waals surface area contributed by atoms with Crippen LogP contribution in [-0.4, -0.2) is 66.6 Å². The lowest BCUT2D eigenvalue weighted by atomic mass is 9.93. The third kappa shape index (κ3) is 4.59. The highest BCUT2D eigenvalue weighted by Gasteiger charge is 2.27. The number of pyridine rings is 1. The van der Waals surface area contributed by atoms with Gasteiger partial charge >= 0.3 is 0 Å². The van der Waals surface area contributed by atoms with Crippen LogP contribution in [0.5, 0.6) is 0 Å². The lowest BCUT2D eigenvalue weighted by molar-refractivity contribution is -0.134. The number of hydrogen-bond donors (Lipinski definition) is 0. The zero-order valence-electron chi connectivity index (χ0n) is 16.6. The van der Waals surface area contributed by atoms with Crippen molar-refractivity contribution in [2.24, 2.45) is 0 Å². The fourth-order valence-corrected chi connectivity index (χ4v) is 4.14. The third-order valence-corrected chi connectivity index (χ3v) is 5.74. The highest BCUT2D eigenvalue weighted by Crippen LogP contribution is 2.28. The Balaban J connectivity index is 1.44. The van der Waals surface area contributed by atoms with Gasteiger partial charge in [-0.2, -0.15) is 0 Å². The maximum absolute atomic E-state index is 12.8. The maximum atomic E-state index is 12.8. The van der Waals surface area contributed by atoms with Gasteiger partial charge in [-0.25, -0.2) is 0 Å². The molecule has 1 amide bonds. The Morgan fingerprint density at radius 2 is 1.96 bits per heavy atom. The van der Waals surface area contributed by atoms with Gasteiger partial charge < -0.3 is 9.64 Å². The molecule has 28 heavy (non-hydrogen) atoms. The van der Waals surface area contributed by atoms with Gasteiger partial charge in [0.25, 0.3) is 0 Å². The highest BCUT2D eigenvalue weighted by atomic mass is 16.5. The molecule has 0 aliphatic carbocycles. The molecule has 1 atom stereocenters. The molecule has 2 aromatic rings. The molecule has 4 rings (SSSR count). The number of amides is 1. The summed E-state index contributed by atoms with van der Waals surface area (Å²) >= 11 is 0. The summed E-state index contributed by atoms with van der Waals surface area (Å²) in [5.41, 5.74) is 4.50. The Hall–Kier alpha value is -2.24. The molecule has 0 saturated carbocycles. The number of aromatic nitrogens is 1. The Kier molecular flexibility index (Phi) is 6.03. The number of morpholine rings is 1. The molecule has 0 spiro atoms. The Morgan fingerprint density at radius 3 is 2.79 bits per heavy atom. The van der Waals surface area contributed by atoms with Gasteiger partial charge in [-0.05, 0) is 38.0 Å². The van der Waals surface area contributed by atoms with Gasteiger partial charge in [0.05, 0.1) is 25.5 Å². The second-order valence-corrected chi connectivity index (χ2v) is 7.88. The molecule has 2 aliphatic heterocycles. The minimum atomic E-state index is 0.237. The molecule has 0 bridgehead atoms. The van der Waals surface area contributed by atoms with E-state index in [1.54, 1.807) is 0 Å². The first-order valence-electron chi connectivity index (χ1n) is 10.3. The van der Waals surface area contributed by atoms with Crippen molar-refractivity contribution >= 4 is 5.91 Å². The van der Waals surface area contributed by atoms with Gasteiger partial charge in [-0.1, -0.05) is 29.8 Å². The minimum absolute atomic E-state index is 0.237. The number of rotatable bonds is 4. The topological polar surface area (TPSA) is 45.7 Å². The molecule has 5 nitrogen and oxygen atoms in total. The van der Waals surface area contributed by atoms with E-state index in [2.05, 4.69) is 54.3 Å². The minimum Gasteiger partial charge on any atom is -0.379 e. The van der Waals surface area contributed by atoms with Crippen molar-refractivity contribution in [3.05, 3.63) is 53.7 Å². The summed E-state index contributed by atoms with van der Waals surface area (Å²) in [7, 11) is 0. The second kappa shape index (κ2) is 8.84. The van der Waals surface area contributed by atoms with E-state index in [9.17, 15) is 4.79 Å². The van der Waals surface area contributed by atoms with Gasteiger partial charge in [-0.15, -0.1) is 0 Å². The first-order valence-corrected chi connectivity index (χ1v) is 10.3. The molecular weight excluding hydrogens is 350 g/mol. The number of aryl methyl sites for hydroxylation is 1. The van der Waals surface area contributed by atoms with E-state index in [1.165, 1.54) is 5.56 Å². The summed E-state index contributed by atoms with van der Waals surface area (Å²) in [5, 5.41) is 0. The quantitative estimate of drug-likeness (QED) is 0.819. The molecule has 0 radical (unpaired) electrons. The third-order valence-electron chi connectivity index (χ3n) is 5.74. The SMILES string of the molecule is Cc1cccc(-c2cccc([C@H]3CCCN(C(=O)CN4CCOCC4)C3)n2)c1. The molecule has 2 fully saturated rings. The summed E-state index contributed by atoms with van der Waals surface area (Å²) in [6.45, 7) is 7.40. The molecule has 0 N–H and O–H groups in total. The summed E-state index contributed by atoms with van der Waals surface area (Å²) in [6.07, 6.45) is 2.13. The monoisotopic (exact) mass is 379 g/mol. The number of likely N-dealkylation sites (tertiary alicyclic amines) is 1. The standard InChI is InChI=1S/C23H29N3O2/c1-18-5-2-6-19(15-18)21-8-3-9-22(24-21)20-7-4-10-26(16-20)23(27)17-25-11-13-28-14-12-25/h2-3,5-6,8-9,15,20H,4,7,10-14,16-17H2,1H3/t20-/m0/s1. The van der Waals surface area contributed by atoms with Crippen molar-refractivity contribution < 1.29 is 9.53 Å². The molecule has 148 valence electrons. The predicted octanol–water partition coefficient (Wildman–Crippen LogP) is 3.10. The van der Waals surface area contributed by atoms with Crippen LogP contribution in [0.15, 0.2) is 42.5 Å². The van der Waals surface area contributed by atoms with Gasteiger partial charge in [0, 0.05) is 43.4 Å². The number of nitrogens with zero attached hydrogens (tertiary/aromatic N) is 3. The van der Waals surface area contributed by atoms with Crippen molar-refractivity contribution in [3.8, 4) is 11.3 Å². The van der Waals surface area contributed by atoms with E-state index < -0.39 is 0 Å². The van der Waals surface area contributed by atoms with E-state index in [4.69, 9.17) is 9.72 Å². The highest BCUT2D eigenvalue weighted by molar-refractivity contribution is 5.78. The molecular formula is C23H29N3O2. The predicted molar refractivity (Wildman–Crippen MR) is 110 cm³/mol. The molecule has 3 heterocycles. The van der Waals surface area contributed by atoms with E-state index >= 15 is 0 Å².